The molecule has 0 radical (unpaired) electrons. The van der Waals surface area contributed by atoms with Gasteiger partial charge in [-0.1, -0.05) is 13.0 Å². The number of carbonyl (C=O) groups excluding carboxylic acids is 3. The summed E-state index contributed by atoms with van der Waals surface area (Å²) in [5.41, 5.74) is -2.82. The number of nitrogens with one attached hydrogen (secondary N) is 2. The van der Waals surface area contributed by atoms with Gasteiger partial charge in [0.25, 0.3) is 0 Å². The number of ketones is 1. The first kappa shape index (κ1) is 21.8. The lowest BCUT2D eigenvalue weighted by Crippen LogP contribution is -2.12. The Kier molecular flexibility index (Phi) is 6.21. The van der Waals surface area contributed by atoms with Crippen molar-refractivity contribution in [2.24, 2.45) is 0 Å². The Balaban J connectivity index is 2.83. The lowest BCUT2D eigenvalue weighted by molar-refractivity contribution is -0.137. The van der Waals surface area contributed by atoms with Gasteiger partial charge in [0.05, 0.1) is 5.56 Å². The Morgan fingerprint density at radius 3 is 2.31 bits per heavy atom. The number of phenolic OH excluding ortho intramolecular Hbond substituents is 1. The predicted molar refractivity (Wildman–Crippen MR) is 100 cm³/mol. The Hall–Kier alpha value is -3.49. The van der Waals surface area contributed by atoms with Crippen molar-refractivity contribution in [1.82, 2.24) is 0 Å². The highest BCUT2D eigenvalue weighted by Crippen LogP contribution is 2.41. The van der Waals surface area contributed by atoms with Gasteiger partial charge in [0, 0.05) is 30.2 Å². The number of benzene rings is 2. The first-order chi connectivity index (χ1) is 13.5. The maximum atomic E-state index is 13.7. The second kappa shape index (κ2) is 8.26. The van der Waals surface area contributed by atoms with E-state index >= 15 is 0 Å². The number of halogens is 3. The normalized spacial score (nSPS) is 11.1. The van der Waals surface area contributed by atoms with Gasteiger partial charge in [0.2, 0.25) is 5.91 Å². The maximum absolute atomic E-state index is 13.7. The van der Waals surface area contributed by atoms with E-state index < -0.39 is 34.9 Å². The van der Waals surface area contributed by atoms with Crippen molar-refractivity contribution in [3.63, 3.8) is 0 Å². The van der Waals surface area contributed by atoms with Crippen LogP contribution in [0.1, 0.15) is 41.8 Å². The number of amides is 1. The molecule has 0 aliphatic carbocycles. The van der Waals surface area contributed by atoms with E-state index in [9.17, 15) is 32.7 Å². The highest BCUT2D eigenvalue weighted by molar-refractivity contribution is 6.36. The molecule has 0 fully saturated rings. The van der Waals surface area contributed by atoms with E-state index in [2.05, 4.69) is 5.32 Å². The second-order valence-corrected chi connectivity index (χ2v) is 6.16. The predicted octanol–water partition coefficient (Wildman–Crippen LogP) is 4.20. The zero-order chi connectivity index (χ0) is 21.9. The number of rotatable bonds is 6. The summed E-state index contributed by atoms with van der Waals surface area (Å²) in [6.45, 7) is 2.66. The van der Waals surface area contributed by atoms with Crippen molar-refractivity contribution in [3.05, 3.63) is 47.0 Å². The van der Waals surface area contributed by atoms with E-state index in [1.165, 1.54) is 13.0 Å². The molecule has 29 heavy (non-hydrogen) atoms. The quantitative estimate of drug-likeness (QED) is 0.380. The van der Waals surface area contributed by atoms with Crippen LogP contribution in [0, 0.1) is 5.41 Å². The van der Waals surface area contributed by atoms with Gasteiger partial charge in [-0.15, -0.1) is 0 Å². The summed E-state index contributed by atoms with van der Waals surface area (Å²) in [4.78, 5) is 34.4. The molecule has 2 rings (SSSR count). The standard InChI is InChI=1S/C20H17F3N2O4/c1-3-18(28)14-7-15(17(24)9-26)19(29)8-13(14)12-5-4-11(25-10(2)27)6-16(12)20(21,22)23/h4-9,24,29H,3H2,1-2H3,(H,25,27). The molecule has 0 saturated heterocycles. The molecule has 0 saturated carbocycles. The molecule has 0 aromatic heterocycles. The van der Waals surface area contributed by atoms with E-state index in [4.69, 9.17) is 5.41 Å². The summed E-state index contributed by atoms with van der Waals surface area (Å²) in [5.74, 6) is -1.69. The number of carbonyl (C=O) groups is 3. The van der Waals surface area contributed by atoms with Crippen LogP contribution in [-0.4, -0.2) is 28.8 Å². The molecule has 0 bridgehead atoms. The largest absolute Gasteiger partial charge is 0.507 e. The minimum absolute atomic E-state index is 0.0447. The number of aldehydes is 1. The van der Waals surface area contributed by atoms with E-state index in [1.807, 2.05) is 0 Å². The van der Waals surface area contributed by atoms with Crippen molar-refractivity contribution in [2.75, 3.05) is 5.32 Å². The zero-order valence-corrected chi connectivity index (χ0v) is 15.5. The number of anilines is 1. The van der Waals surface area contributed by atoms with Crippen LogP contribution in [0.4, 0.5) is 18.9 Å². The van der Waals surface area contributed by atoms with E-state index in [1.54, 1.807) is 0 Å². The van der Waals surface area contributed by atoms with Crippen LogP contribution < -0.4 is 5.32 Å². The van der Waals surface area contributed by atoms with Crippen LogP contribution in [0.5, 0.6) is 5.75 Å². The van der Waals surface area contributed by atoms with Crippen molar-refractivity contribution in [2.45, 2.75) is 26.4 Å². The highest BCUT2D eigenvalue weighted by atomic mass is 19.4. The summed E-state index contributed by atoms with van der Waals surface area (Å²) in [7, 11) is 0. The third-order valence-electron chi connectivity index (χ3n) is 4.10. The Morgan fingerprint density at radius 1 is 1.14 bits per heavy atom. The Labute approximate surface area is 163 Å². The molecular weight excluding hydrogens is 389 g/mol. The Bertz CT molecular complexity index is 1010. The summed E-state index contributed by atoms with van der Waals surface area (Å²) in [6, 6.07) is 5.02. The van der Waals surface area contributed by atoms with Gasteiger partial charge >= 0.3 is 6.18 Å². The van der Waals surface area contributed by atoms with Gasteiger partial charge in [-0.3, -0.25) is 19.8 Å². The molecule has 0 heterocycles. The van der Waals surface area contributed by atoms with Gasteiger partial charge < -0.3 is 10.4 Å². The molecule has 3 N–H and O–H groups in total. The maximum Gasteiger partial charge on any atom is 0.417 e. The van der Waals surface area contributed by atoms with Gasteiger partial charge in [0.15, 0.2) is 12.1 Å². The second-order valence-electron chi connectivity index (χ2n) is 6.16. The van der Waals surface area contributed by atoms with Crippen LogP contribution in [0.2, 0.25) is 0 Å². The van der Waals surface area contributed by atoms with Crippen LogP contribution in [0.3, 0.4) is 0 Å². The lowest BCUT2D eigenvalue weighted by Gasteiger charge is -2.18. The number of phenols is 1. The molecule has 6 nitrogen and oxygen atoms in total. The summed E-state index contributed by atoms with van der Waals surface area (Å²) < 4.78 is 41.1. The molecular formula is C20H17F3N2O4. The van der Waals surface area contributed by atoms with Gasteiger partial charge in [-0.2, -0.15) is 13.2 Å². The number of hydrogen-bond acceptors (Lipinski definition) is 5. The van der Waals surface area contributed by atoms with Gasteiger partial charge in [0.1, 0.15) is 11.5 Å². The molecule has 0 aliphatic heterocycles. The third kappa shape index (κ3) is 4.68. The van der Waals surface area contributed by atoms with Crippen molar-refractivity contribution < 1.29 is 32.7 Å². The lowest BCUT2D eigenvalue weighted by atomic mass is 9.89. The fourth-order valence-corrected chi connectivity index (χ4v) is 2.81. The van der Waals surface area contributed by atoms with E-state index in [-0.39, 0.29) is 40.6 Å². The van der Waals surface area contributed by atoms with Crippen molar-refractivity contribution in [1.29, 1.82) is 5.41 Å². The van der Waals surface area contributed by atoms with Crippen molar-refractivity contribution >= 4 is 29.4 Å². The van der Waals surface area contributed by atoms with E-state index in [0.717, 1.165) is 31.2 Å². The van der Waals surface area contributed by atoms with E-state index in [0.29, 0.717) is 0 Å². The van der Waals surface area contributed by atoms with Crippen LogP contribution in [-0.2, 0) is 15.8 Å². The SMILES string of the molecule is CCC(=O)c1cc(C(=N)C=O)c(O)cc1-c1ccc(NC(C)=O)cc1C(F)(F)F. The highest BCUT2D eigenvalue weighted by Gasteiger charge is 2.35. The smallest absolute Gasteiger partial charge is 0.417 e. The monoisotopic (exact) mass is 406 g/mol. The minimum Gasteiger partial charge on any atom is -0.507 e. The fourth-order valence-electron chi connectivity index (χ4n) is 2.81. The Morgan fingerprint density at radius 2 is 1.79 bits per heavy atom. The molecule has 152 valence electrons. The third-order valence-corrected chi connectivity index (χ3v) is 4.10. The van der Waals surface area contributed by atoms with Crippen LogP contribution >= 0.6 is 0 Å². The molecule has 0 spiro atoms. The molecule has 2 aromatic rings. The molecule has 2 aromatic carbocycles. The van der Waals surface area contributed by atoms with Crippen LogP contribution in [0.15, 0.2) is 30.3 Å². The van der Waals surface area contributed by atoms with Crippen molar-refractivity contribution in [3.8, 4) is 16.9 Å². The molecule has 0 aliphatic rings. The molecule has 1 amide bonds. The number of Topliss-reactive ketones (excluding diaryl/α,β-unsaturated/α-hetero) is 1. The molecule has 0 atom stereocenters. The number of aromatic hydroxyl groups is 1. The first-order valence-corrected chi connectivity index (χ1v) is 8.43. The average Bonchev–Trinajstić information content (AvgIpc) is 2.65. The van der Waals surface area contributed by atoms with Crippen LogP contribution in [0.25, 0.3) is 11.1 Å². The summed E-state index contributed by atoms with van der Waals surface area (Å²) in [5, 5.41) is 20.0. The van der Waals surface area contributed by atoms with Gasteiger partial charge in [-0.25, -0.2) is 0 Å². The fraction of sp³-hybridized carbons (Fsp3) is 0.200. The number of alkyl halides is 3. The average molecular weight is 406 g/mol. The summed E-state index contributed by atoms with van der Waals surface area (Å²) >= 11 is 0. The van der Waals surface area contributed by atoms with Gasteiger partial charge in [-0.05, 0) is 35.4 Å². The zero-order valence-electron chi connectivity index (χ0n) is 15.5. The minimum atomic E-state index is -4.82. The topological polar surface area (TPSA) is 107 Å². The number of hydrogen-bond donors (Lipinski definition) is 3. The molecule has 9 heteroatoms. The molecule has 0 unspecified atom stereocenters. The summed E-state index contributed by atoms with van der Waals surface area (Å²) in [6.07, 6.45) is -4.71. The first-order valence-electron chi connectivity index (χ1n) is 8.43.